The largest absolute Gasteiger partial charge is 0.481 e. The van der Waals surface area contributed by atoms with Crippen LogP contribution < -0.4 is 5.32 Å². The number of benzene rings is 1. The summed E-state index contributed by atoms with van der Waals surface area (Å²) in [6.45, 7) is 2.08. The number of halogens is 1. The lowest BCUT2D eigenvalue weighted by molar-refractivity contribution is -0.137. The highest BCUT2D eigenvalue weighted by Crippen LogP contribution is 2.22. The fraction of sp³-hybridized carbons (Fsp3) is 0.385. The number of carbonyl (C=O) groups excluding carboxylic acids is 1. The van der Waals surface area contributed by atoms with Crippen molar-refractivity contribution in [2.75, 3.05) is 6.54 Å². The number of nitrogens with one attached hydrogen (secondary N) is 1. The molecular formula is C13H15FN2O3. The molecule has 0 aromatic heterocycles. The van der Waals surface area contributed by atoms with Gasteiger partial charge in [-0.15, -0.1) is 0 Å². The molecular weight excluding hydrogens is 251 g/mol. The van der Waals surface area contributed by atoms with Gasteiger partial charge >= 0.3 is 12.0 Å². The van der Waals surface area contributed by atoms with Crippen LogP contribution in [0.1, 0.15) is 24.9 Å². The Balaban J connectivity index is 2.06. The maximum Gasteiger partial charge on any atom is 0.318 e. The molecule has 1 aromatic carbocycles. The van der Waals surface area contributed by atoms with Crippen molar-refractivity contribution in [1.29, 1.82) is 0 Å². The average Bonchev–Trinajstić information content (AvgIpc) is 2.71. The molecule has 0 aliphatic carbocycles. The molecule has 2 atom stereocenters. The van der Waals surface area contributed by atoms with E-state index in [1.165, 1.54) is 17.0 Å². The first kappa shape index (κ1) is 13.3. The van der Waals surface area contributed by atoms with E-state index in [-0.39, 0.29) is 30.4 Å². The van der Waals surface area contributed by atoms with Crippen molar-refractivity contribution < 1.29 is 19.1 Å². The Morgan fingerprint density at radius 1 is 1.53 bits per heavy atom. The van der Waals surface area contributed by atoms with Crippen LogP contribution in [0.15, 0.2) is 24.3 Å². The predicted molar refractivity (Wildman–Crippen MR) is 66.1 cm³/mol. The van der Waals surface area contributed by atoms with E-state index in [4.69, 9.17) is 5.11 Å². The van der Waals surface area contributed by atoms with Crippen molar-refractivity contribution in [2.45, 2.75) is 25.4 Å². The lowest BCUT2D eigenvalue weighted by Gasteiger charge is -2.21. The summed E-state index contributed by atoms with van der Waals surface area (Å²) in [6.07, 6.45) is -0.0937. The van der Waals surface area contributed by atoms with Crippen molar-refractivity contribution in [1.82, 2.24) is 10.2 Å². The number of urea groups is 1. The van der Waals surface area contributed by atoms with Gasteiger partial charge in [0.05, 0.1) is 12.5 Å². The van der Waals surface area contributed by atoms with E-state index in [1.807, 2.05) is 0 Å². The van der Waals surface area contributed by atoms with Crippen LogP contribution in [0.2, 0.25) is 0 Å². The van der Waals surface area contributed by atoms with Crippen molar-refractivity contribution in [3.63, 3.8) is 0 Å². The van der Waals surface area contributed by atoms with Crippen LogP contribution in [-0.4, -0.2) is 34.6 Å². The van der Waals surface area contributed by atoms with Crippen LogP contribution in [0, 0.1) is 5.82 Å². The normalized spacial score (nSPS) is 20.2. The van der Waals surface area contributed by atoms with E-state index in [9.17, 15) is 14.0 Å². The monoisotopic (exact) mass is 266 g/mol. The van der Waals surface area contributed by atoms with Gasteiger partial charge in [0.1, 0.15) is 5.82 Å². The quantitative estimate of drug-likeness (QED) is 0.872. The Hall–Kier alpha value is -2.11. The summed E-state index contributed by atoms with van der Waals surface area (Å²) in [4.78, 5) is 23.9. The van der Waals surface area contributed by atoms with Gasteiger partial charge < -0.3 is 15.3 Å². The SMILES string of the molecule is CC(CC(=O)O)N1CC(c2ccc(F)cc2)NC1=O. The van der Waals surface area contributed by atoms with Gasteiger partial charge in [-0.3, -0.25) is 4.79 Å². The van der Waals surface area contributed by atoms with E-state index in [1.54, 1.807) is 19.1 Å². The number of aliphatic carboxylic acids is 1. The molecule has 6 heteroatoms. The first-order valence-corrected chi connectivity index (χ1v) is 6.01. The molecule has 0 bridgehead atoms. The van der Waals surface area contributed by atoms with E-state index < -0.39 is 5.97 Å². The van der Waals surface area contributed by atoms with Gasteiger partial charge in [-0.2, -0.15) is 0 Å². The van der Waals surface area contributed by atoms with Crippen LogP contribution in [0.4, 0.5) is 9.18 Å². The zero-order valence-electron chi connectivity index (χ0n) is 10.5. The molecule has 2 N–H and O–H groups in total. The molecule has 1 saturated heterocycles. The minimum absolute atomic E-state index is 0.0937. The van der Waals surface area contributed by atoms with Crippen molar-refractivity contribution >= 4 is 12.0 Å². The van der Waals surface area contributed by atoms with Gasteiger partial charge in [0.2, 0.25) is 0 Å². The Bertz CT molecular complexity index is 489. The summed E-state index contributed by atoms with van der Waals surface area (Å²) in [5.41, 5.74) is 0.805. The maximum absolute atomic E-state index is 12.8. The van der Waals surface area contributed by atoms with Crippen LogP contribution >= 0.6 is 0 Å². The Morgan fingerprint density at radius 2 is 2.16 bits per heavy atom. The number of hydrogen-bond acceptors (Lipinski definition) is 2. The van der Waals surface area contributed by atoms with Crippen molar-refractivity contribution in [3.8, 4) is 0 Å². The lowest BCUT2D eigenvalue weighted by atomic mass is 10.1. The minimum atomic E-state index is -0.939. The zero-order valence-corrected chi connectivity index (χ0v) is 10.5. The average molecular weight is 266 g/mol. The summed E-state index contributed by atoms with van der Waals surface area (Å²) >= 11 is 0. The molecule has 19 heavy (non-hydrogen) atoms. The van der Waals surface area contributed by atoms with Crippen LogP contribution in [0.5, 0.6) is 0 Å². The predicted octanol–water partition coefficient (Wildman–Crippen LogP) is 1.76. The summed E-state index contributed by atoms with van der Waals surface area (Å²) in [6, 6.07) is 5.02. The number of hydrogen-bond donors (Lipinski definition) is 2. The number of amides is 2. The second-order valence-corrected chi connectivity index (χ2v) is 4.65. The van der Waals surface area contributed by atoms with Crippen LogP contribution in [0.25, 0.3) is 0 Å². The molecule has 0 radical (unpaired) electrons. The van der Waals surface area contributed by atoms with Crippen LogP contribution in [0.3, 0.4) is 0 Å². The van der Waals surface area contributed by atoms with Crippen molar-refractivity contribution in [3.05, 3.63) is 35.6 Å². The Kier molecular flexibility index (Phi) is 3.69. The van der Waals surface area contributed by atoms with Gasteiger partial charge in [0.25, 0.3) is 0 Å². The molecule has 1 aliphatic rings. The third kappa shape index (κ3) is 3.01. The molecule has 0 saturated carbocycles. The van der Waals surface area contributed by atoms with Gasteiger partial charge in [0.15, 0.2) is 0 Å². The molecule has 1 aliphatic heterocycles. The smallest absolute Gasteiger partial charge is 0.318 e. The van der Waals surface area contributed by atoms with E-state index in [0.29, 0.717) is 6.54 Å². The fourth-order valence-corrected chi connectivity index (χ4v) is 2.18. The molecule has 2 amide bonds. The molecule has 1 fully saturated rings. The van der Waals surface area contributed by atoms with Gasteiger partial charge in [-0.25, -0.2) is 9.18 Å². The first-order chi connectivity index (χ1) is 8.97. The van der Waals surface area contributed by atoms with E-state index in [0.717, 1.165) is 5.56 Å². The van der Waals surface area contributed by atoms with Gasteiger partial charge in [-0.1, -0.05) is 12.1 Å². The number of nitrogens with zero attached hydrogens (tertiary/aromatic N) is 1. The molecule has 1 heterocycles. The van der Waals surface area contributed by atoms with Gasteiger partial charge in [0, 0.05) is 12.6 Å². The second-order valence-electron chi connectivity index (χ2n) is 4.65. The minimum Gasteiger partial charge on any atom is -0.481 e. The lowest BCUT2D eigenvalue weighted by Crippen LogP contribution is -2.37. The highest BCUT2D eigenvalue weighted by atomic mass is 19.1. The van der Waals surface area contributed by atoms with E-state index >= 15 is 0 Å². The topological polar surface area (TPSA) is 69.6 Å². The summed E-state index contributed by atoms with van der Waals surface area (Å²) in [5.74, 6) is -1.27. The standard InChI is InChI=1S/C13H15FN2O3/c1-8(6-12(17)18)16-7-11(15-13(16)19)9-2-4-10(14)5-3-9/h2-5,8,11H,6-7H2,1H3,(H,15,19)(H,17,18). The van der Waals surface area contributed by atoms with Gasteiger partial charge in [-0.05, 0) is 24.6 Å². The number of carboxylic acids is 1. The number of rotatable bonds is 4. The maximum atomic E-state index is 12.8. The second kappa shape index (κ2) is 5.26. The third-order valence-corrected chi connectivity index (χ3v) is 3.21. The Morgan fingerprint density at radius 3 is 2.74 bits per heavy atom. The van der Waals surface area contributed by atoms with E-state index in [2.05, 4.69) is 5.32 Å². The Labute approximate surface area is 110 Å². The van der Waals surface area contributed by atoms with Crippen molar-refractivity contribution in [2.24, 2.45) is 0 Å². The molecule has 102 valence electrons. The molecule has 0 spiro atoms. The fourth-order valence-electron chi connectivity index (χ4n) is 2.18. The molecule has 5 nitrogen and oxygen atoms in total. The third-order valence-electron chi connectivity index (χ3n) is 3.21. The molecule has 2 unspecified atom stereocenters. The molecule has 2 rings (SSSR count). The molecule has 1 aromatic rings. The summed E-state index contributed by atoms with van der Waals surface area (Å²) in [7, 11) is 0. The summed E-state index contributed by atoms with van der Waals surface area (Å²) < 4.78 is 12.8. The summed E-state index contributed by atoms with van der Waals surface area (Å²) in [5, 5.41) is 11.5. The zero-order chi connectivity index (χ0) is 14.0. The highest BCUT2D eigenvalue weighted by molar-refractivity contribution is 5.78. The highest BCUT2D eigenvalue weighted by Gasteiger charge is 2.33. The number of carboxylic acid groups (broad SMARTS) is 1. The first-order valence-electron chi connectivity index (χ1n) is 6.01. The number of carbonyl (C=O) groups is 2. The van der Waals surface area contributed by atoms with Crippen LogP contribution in [-0.2, 0) is 4.79 Å².